The number of aliphatic imine (C=N–C) groups is 1. The molecule has 0 bridgehead atoms. The van der Waals surface area contributed by atoms with Crippen LogP contribution in [0.15, 0.2) is 17.1 Å². The van der Waals surface area contributed by atoms with E-state index in [0.717, 1.165) is 12.0 Å². The van der Waals surface area contributed by atoms with E-state index in [0.29, 0.717) is 6.54 Å². The minimum absolute atomic E-state index is 0.149. The summed E-state index contributed by atoms with van der Waals surface area (Å²) in [4.78, 5) is 4.40. The number of hydrogen-bond acceptors (Lipinski definition) is 3. The van der Waals surface area contributed by atoms with Crippen molar-refractivity contribution in [1.82, 2.24) is 0 Å². The van der Waals surface area contributed by atoms with Gasteiger partial charge in [-0.3, -0.25) is 4.99 Å². The highest BCUT2D eigenvalue weighted by Crippen LogP contribution is 2.39. The largest absolute Gasteiger partial charge is 0.466 e. The van der Waals surface area contributed by atoms with Gasteiger partial charge in [-0.1, -0.05) is 26.0 Å². The van der Waals surface area contributed by atoms with Crippen molar-refractivity contribution < 1.29 is 9.31 Å². The Kier molecular flexibility index (Phi) is 4.79. The van der Waals surface area contributed by atoms with E-state index in [4.69, 9.17) is 9.31 Å². The van der Waals surface area contributed by atoms with Gasteiger partial charge in [-0.15, -0.1) is 0 Å². The molecule has 1 heterocycles. The van der Waals surface area contributed by atoms with E-state index in [1.165, 1.54) is 0 Å². The van der Waals surface area contributed by atoms with Gasteiger partial charge in [0.25, 0.3) is 0 Å². The topological polar surface area (TPSA) is 30.8 Å². The maximum absolute atomic E-state index is 5.97. The molecule has 0 saturated carbocycles. The van der Waals surface area contributed by atoms with Crippen molar-refractivity contribution >= 4 is 13.3 Å². The van der Waals surface area contributed by atoms with Crippen molar-refractivity contribution in [1.29, 1.82) is 0 Å². The van der Waals surface area contributed by atoms with E-state index < -0.39 is 0 Å². The Labute approximate surface area is 112 Å². The molecule has 0 radical (unpaired) electrons. The van der Waals surface area contributed by atoms with Crippen LogP contribution in [0.1, 0.15) is 48.0 Å². The van der Waals surface area contributed by atoms with Crippen LogP contribution < -0.4 is 0 Å². The highest BCUT2D eigenvalue weighted by atomic mass is 16.7. The van der Waals surface area contributed by atoms with Gasteiger partial charge in [0.2, 0.25) is 0 Å². The predicted molar refractivity (Wildman–Crippen MR) is 78.3 cm³/mol. The van der Waals surface area contributed by atoms with Crippen LogP contribution in [-0.2, 0) is 9.31 Å². The minimum Gasteiger partial charge on any atom is -0.403 e. The molecule has 1 aliphatic rings. The summed E-state index contributed by atoms with van der Waals surface area (Å²) in [6, 6.07) is 0. The summed E-state index contributed by atoms with van der Waals surface area (Å²) in [6.45, 7) is 17.1. The molecule has 1 saturated heterocycles. The Morgan fingerprint density at radius 3 is 2.22 bits per heavy atom. The normalized spacial score (nSPS) is 23.6. The molecular weight excluding hydrogens is 225 g/mol. The fraction of sp³-hybridized carbons (Fsp3) is 0.786. The lowest BCUT2D eigenvalue weighted by atomic mass is 9.74. The van der Waals surface area contributed by atoms with Crippen molar-refractivity contribution in [3.05, 3.63) is 12.2 Å². The summed E-state index contributed by atoms with van der Waals surface area (Å²) >= 11 is 0. The van der Waals surface area contributed by atoms with Gasteiger partial charge in [0.15, 0.2) is 0 Å². The Bertz CT molecular complexity index is 321. The second-order valence-corrected chi connectivity index (χ2v) is 6.08. The molecule has 1 fully saturated rings. The third kappa shape index (κ3) is 3.45. The quantitative estimate of drug-likeness (QED) is 0.425. The first-order valence-corrected chi connectivity index (χ1v) is 6.72. The molecule has 0 aliphatic carbocycles. The molecule has 0 amide bonds. The standard InChI is InChI=1S/C14H26BNO2/c1-8-11(2)9-16-10-12(3)15-17-13(4,5)14(6,7)18-15/h10,12H,2,8-9H2,1,3-7H3. The molecule has 102 valence electrons. The molecule has 1 aliphatic heterocycles. The van der Waals surface area contributed by atoms with E-state index in [-0.39, 0.29) is 24.1 Å². The summed E-state index contributed by atoms with van der Waals surface area (Å²) in [7, 11) is -0.214. The zero-order chi connectivity index (χ0) is 14.0. The molecular formula is C14H26BNO2. The van der Waals surface area contributed by atoms with Gasteiger partial charge >= 0.3 is 7.12 Å². The fourth-order valence-electron chi connectivity index (χ4n) is 1.63. The molecule has 0 aromatic heterocycles. The molecule has 1 unspecified atom stereocenters. The van der Waals surface area contributed by atoms with Crippen LogP contribution in [0, 0.1) is 0 Å². The van der Waals surface area contributed by atoms with Crippen LogP contribution in [-0.4, -0.2) is 31.1 Å². The Morgan fingerprint density at radius 2 is 1.78 bits per heavy atom. The van der Waals surface area contributed by atoms with Crippen LogP contribution in [0.25, 0.3) is 0 Å². The maximum atomic E-state index is 5.97. The summed E-state index contributed by atoms with van der Waals surface area (Å²) in [5, 5.41) is 0. The molecule has 4 heteroatoms. The first-order chi connectivity index (χ1) is 8.19. The van der Waals surface area contributed by atoms with Crippen LogP contribution in [0.4, 0.5) is 0 Å². The molecule has 0 aromatic rings. The maximum Gasteiger partial charge on any atom is 0.466 e. The van der Waals surface area contributed by atoms with Gasteiger partial charge in [-0.25, -0.2) is 0 Å². The minimum atomic E-state index is -0.271. The van der Waals surface area contributed by atoms with E-state index >= 15 is 0 Å². The average molecular weight is 251 g/mol. The summed E-state index contributed by atoms with van der Waals surface area (Å²) in [5.41, 5.74) is 0.604. The van der Waals surface area contributed by atoms with Gasteiger partial charge < -0.3 is 9.31 Å². The van der Waals surface area contributed by atoms with Gasteiger partial charge in [0.05, 0.1) is 17.7 Å². The van der Waals surface area contributed by atoms with Crippen molar-refractivity contribution in [3.63, 3.8) is 0 Å². The number of hydrogen-bond donors (Lipinski definition) is 0. The Morgan fingerprint density at radius 1 is 1.28 bits per heavy atom. The molecule has 0 aromatic carbocycles. The lowest BCUT2D eigenvalue weighted by molar-refractivity contribution is 0.00578. The van der Waals surface area contributed by atoms with Crippen LogP contribution in [0.3, 0.4) is 0 Å². The molecule has 0 spiro atoms. The molecule has 1 atom stereocenters. The van der Waals surface area contributed by atoms with Crippen molar-refractivity contribution in [3.8, 4) is 0 Å². The average Bonchev–Trinajstić information content (AvgIpc) is 2.48. The predicted octanol–water partition coefficient (Wildman–Crippen LogP) is 3.51. The summed E-state index contributed by atoms with van der Waals surface area (Å²) in [5.74, 6) is 0.149. The van der Waals surface area contributed by atoms with E-state index in [9.17, 15) is 0 Å². The van der Waals surface area contributed by atoms with Crippen molar-refractivity contribution in [2.45, 2.75) is 65.0 Å². The second-order valence-electron chi connectivity index (χ2n) is 6.08. The lowest BCUT2D eigenvalue weighted by Crippen LogP contribution is -2.41. The zero-order valence-electron chi connectivity index (χ0n) is 12.6. The smallest absolute Gasteiger partial charge is 0.403 e. The molecule has 0 N–H and O–H groups in total. The summed E-state index contributed by atoms with van der Waals surface area (Å²) in [6.07, 6.45) is 2.89. The SMILES string of the molecule is C=C(CC)CN=CC(C)B1OC(C)(C)C(C)(C)O1. The monoisotopic (exact) mass is 251 g/mol. The third-order valence-electron chi connectivity index (χ3n) is 3.86. The lowest BCUT2D eigenvalue weighted by Gasteiger charge is -2.32. The highest BCUT2D eigenvalue weighted by molar-refractivity contribution is 6.51. The molecule has 18 heavy (non-hydrogen) atoms. The van der Waals surface area contributed by atoms with Gasteiger partial charge in [-0.2, -0.15) is 0 Å². The van der Waals surface area contributed by atoms with E-state index in [1.807, 2.05) is 6.21 Å². The second kappa shape index (κ2) is 5.58. The number of nitrogens with zero attached hydrogens (tertiary/aromatic N) is 1. The molecule has 3 nitrogen and oxygen atoms in total. The van der Waals surface area contributed by atoms with Crippen molar-refractivity contribution in [2.24, 2.45) is 4.99 Å². The van der Waals surface area contributed by atoms with E-state index in [2.05, 4.69) is 53.1 Å². The van der Waals surface area contributed by atoms with Gasteiger partial charge in [-0.05, 0) is 40.3 Å². The van der Waals surface area contributed by atoms with E-state index in [1.54, 1.807) is 0 Å². The highest BCUT2D eigenvalue weighted by Gasteiger charge is 2.52. The number of rotatable bonds is 5. The van der Waals surface area contributed by atoms with Gasteiger partial charge in [0, 0.05) is 5.82 Å². The fourth-order valence-corrected chi connectivity index (χ4v) is 1.63. The van der Waals surface area contributed by atoms with Crippen molar-refractivity contribution in [2.75, 3.05) is 6.54 Å². The van der Waals surface area contributed by atoms with Crippen LogP contribution in [0.5, 0.6) is 0 Å². The zero-order valence-corrected chi connectivity index (χ0v) is 12.6. The van der Waals surface area contributed by atoms with Crippen LogP contribution >= 0.6 is 0 Å². The Hall–Kier alpha value is -0.605. The first kappa shape index (κ1) is 15.5. The Balaban J connectivity index is 2.55. The molecule has 1 rings (SSSR count). The third-order valence-corrected chi connectivity index (χ3v) is 3.86. The summed E-state index contributed by atoms with van der Waals surface area (Å²) < 4.78 is 11.9. The van der Waals surface area contributed by atoms with Crippen LogP contribution in [0.2, 0.25) is 5.82 Å². The first-order valence-electron chi connectivity index (χ1n) is 6.72. The van der Waals surface area contributed by atoms with Gasteiger partial charge in [0.1, 0.15) is 0 Å².